The van der Waals surface area contributed by atoms with E-state index in [9.17, 15) is 4.79 Å². The zero-order valence-corrected chi connectivity index (χ0v) is 11.7. The van der Waals surface area contributed by atoms with E-state index in [-0.39, 0.29) is 5.97 Å². The van der Waals surface area contributed by atoms with Crippen LogP contribution in [0.4, 0.5) is 0 Å². The average Bonchev–Trinajstić information content (AvgIpc) is 2.98. The summed E-state index contributed by atoms with van der Waals surface area (Å²) in [6.45, 7) is 0.325. The molecular weight excluding hydrogens is 268 g/mol. The maximum Gasteiger partial charge on any atom is 0.311 e. The van der Waals surface area contributed by atoms with Crippen LogP contribution in [0.25, 0.3) is 10.8 Å². The molecule has 3 aromatic rings. The molecule has 20 heavy (non-hydrogen) atoms. The minimum absolute atomic E-state index is 0.180. The predicted octanol–water partition coefficient (Wildman–Crippen LogP) is 4.19. The molecule has 1 heterocycles. The first-order valence-electron chi connectivity index (χ1n) is 6.47. The summed E-state index contributed by atoms with van der Waals surface area (Å²) < 4.78 is 5.38. The minimum atomic E-state index is -0.180. The SMILES string of the molecule is O=C(Cc1cccs1)OCc1cccc2ccccc12. The van der Waals surface area contributed by atoms with E-state index < -0.39 is 0 Å². The second kappa shape index (κ2) is 5.88. The summed E-state index contributed by atoms with van der Waals surface area (Å²) >= 11 is 1.57. The van der Waals surface area contributed by atoms with E-state index in [0.717, 1.165) is 15.8 Å². The van der Waals surface area contributed by atoms with Crippen molar-refractivity contribution in [3.8, 4) is 0 Å². The quantitative estimate of drug-likeness (QED) is 0.671. The fraction of sp³-hybridized carbons (Fsp3) is 0.118. The topological polar surface area (TPSA) is 26.3 Å². The standard InChI is InChI=1S/C17H14O2S/c18-17(11-15-8-4-10-20-15)19-12-14-7-3-6-13-5-1-2-9-16(13)14/h1-10H,11-12H2. The van der Waals surface area contributed by atoms with Crippen molar-refractivity contribution in [3.63, 3.8) is 0 Å². The summed E-state index contributed by atoms with van der Waals surface area (Å²) in [5.41, 5.74) is 1.04. The van der Waals surface area contributed by atoms with Crippen molar-refractivity contribution in [2.75, 3.05) is 0 Å². The van der Waals surface area contributed by atoms with Crippen molar-refractivity contribution in [1.82, 2.24) is 0 Å². The second-order valence-corrected chi connectivity index (χ2v) is 5.59. The van der Waals surface area contributed by atoms with Gasteiger partial charge in [-0.05, 0) is 27.8 Å². The molecule has 0 saturated heterocycles. The first-order chi connectivity index (χ1) is 9.83. The van der Waals surface area contributed by atoms with Gasteiger partial charge in [0.1, 0.15) is 6.61 Å². The van der Waals surface area contributed by atoms with Gasteiger partial charge in [0, 0.05) is 4.88 Å². The smallest absolute Gasteiger partial charge is 0.311 e. The fourth-order valence-electron chi connectivity index (χ4n) is 2.18. The molecule has 3 heteroatoms. The van der Waals surface area contributed by atoms with Gasteiger partial charge in [0.15, 0.2) is 0 Å². The number of thiophene rings is 1. The predicted molar refractivity (Wildman–Crippen MR) is 81.8 cm³/mol. The van der Waals surface area contributed by atoms with Crippen LogP contribution in [0.15, 0.2) is 60.0 Å². The van der Waals surface area contributed by atoms with Crippen LogP contribution in [-0.4, -0.2) is 5.97 Å². The molecule has 0 bridgehead atoms. The minimum Gasteiger partial charge on any atom is -0.461 e. The monoisotopic (exact) mass is 282 g/mol. The van der Waals surface area contributed by atoms with Crippen LogP contribution in [0.5, 0.6) is 0 Å². The molecule has 0 spiro atoms. The third-order valence-electron chi connectivity index (χ3n) is 3.17. The van der Waals surface area contributed by atoms with Gasteiger partial charge in [-0.1, -0.05) is 48.5 Å². The van der Waals surface area contributed by atoms with Crippen LogP contribution in [0.2, 0.25) is 0 Å². The van der Waals surface area contributed by atoms with Crippen molar-refractivity contribution in [2.45, 2.75) is 13.0 Å². The van der Waals surface area contributed by atoms with Crippen LogP contribution in [0.3, 0.4) is 0 Å². The van der Waals surface area contributed by atoms with E-state index >= 15 is 0 Å². The lowest BCUT2D eigenvalue weighted by Crippen LogP contribution is -2.07. The Kier molecular flexibility index (Phi) is 3.79. The average molecular weight is 282 g/mol. The van der Waals surface area contributed by atoms with Crippen molar-refractivity contribution in [2.24, 2.45) is 0 Å². The van der Waals surface area contributed by atoms with E-state index in [2.05, 4.69) is 18.2 Å². The Hall–Kier alpha value is -2.13. The summed E-state index contributed by atoms with van der Waals surface area (Å²) in [5.74, 6) is -0.180. The molecule has 0 N–H and O–H groups in total. The molecule has 1 aromatic heterocycles. The number of rotatable bonds is 4. The Labute approximate surface area is 121 Å². The Morgan fingerprint density at radius 1 is 1.00 bits per heavy atom. The van der Waals surface area contributed by atoms with E-state index in [1.165, 1.54) is 5.39 Å². The van der Waals surface area contributed by atoms with Crippen LogP contribution < -0.4 is 0 Å². The Bertz CT molecular complexity index is 711. The highest BCUT2D eigenvalue weighted by atomic mass is 32.1. The normalized spacial score (nSPS) is 10.6. The molecule has 0 radical (unpaired) electrons. The van der Waals surface area contributed by atoms with Gasteiger partial charge in [-0.3, -0.25) is 4.79 Å². The van der Waals surface area contributed by atoms with Crippen molar-refractivity contribution < 1.29 is 9.53 Å². The zero-order valence-electron chi connectivity index (χ0n) is 10.9. The van der Waals surface area contributed by atoms with Crippen LogP contribution in [0.1, 0.15) is 10.4 Å². The number of esters is 1. The van der Waals surface area contributed by atoms with Crippen LogP contribution >= 0.6 is 11.3 Å². The number of carbonyl (C=O) groups is 1. The highest BCUT2D eigenvalue weighted by molar-refractivity contribution is 7.10. The molecule has 100 valence electrons. The van der Waals surface area contributed by atoms with Gasteiger partial charge in [0.25, 0.3) is 0 Å². The van der Waals surface area contributed by atoms with E-state index in [4.69, 9.17) is 4.74 Å². The van der Waals surface area contributed by atoms with Crippen molar-refractivity contribution in [1.29, 1.82) is 0 Å². The molecule has 0 atom stereocenters. The molecule has 0 aliphatic heterocycles. The maximum absolute atomic E-state index is 11.8. The van der Waals surface area contributed by atoms with Gasteiger partial charge in [0.2, 0.25) is 0 Å². The number of carbonyl (C=O) groups excluding carboxylic acids is 1. The molecule has 0 fully saturated rings. The molecular formula is C17H14O2S. The van der Waals surface area contributed by atoms with Crippen LogP contribution in [-0.2, 0) is 22.6 Å². The molecule has 0 amide bonds. The van der Waals surface area contributed by atoms with E-state index in [1.807, 2.05) is 41.8 Å². The summed E-state index contributed by atoms with van der Waals surface area (Å²) in [6.07, 6.45) is 0.350. The summed E-state index contributed by atoms with van der Waals surface area (Å²) in [7, 11) is 0. The highest BCUT2D eigenvalue weighted by Crippen LogP contribution is 2.19. The van der Waals surface area contributed by atoms with Crippen molar-refractivity contribution >= 4 is 28.1 Å². The lowest BCUT2D eigenvalue weighted by Gasteiger charge is -2.07. The summed E-state index contributed by atoms with van der Waals surface area (Å²) in [5, 5.41) is 4.27. The number of ether oxygens (including phenoxy) is 1. The maximum atomic E-state index is 11.8. The summed E-state index contributed by atoms with van der Waals surface area (Å²) in [6, 6.07) is 18.1. The number of hydrogen-bond donors (Lipinski definition) is 0. The largest absolute Gasteiger partial charge is 0.461 e. The van der Waals surface area contributed by atoms with Crippen molar-refractivity contribution in [3.05, 3.63) is 70.4 Å². The zero-order chi connectivity index (χ0) is 13.8. The van der Waals surface area contributed by atoms with Gasteiger partial charge in [-0.25, -0.2) is 0 Å². The first kappa shape index (κ1) is 12.9. The van der Waals surface area contributed by atoms with E-state index in [0.29, 0.717) is 13.0 Å². The Balaban J connectivity index is 1.69. The third-order valence-corrected chi connectivity index (χ3v) is 4.04. The number of hydrogen-bond acceptors (Lipinski definition) is 3. The van der Waals surface area contributed by atoms with Gasteiger partial charge >= 0.3 is 5.97 Å². The molecule has 2 aromatic carbocycles. The second-order valence-electron chi connectivity index (χ2n) is 4.56. The highest BCUT2D eigenvalue weighted by Gasteiger charge is 2.07. The lowest BCUT2D eigenvalue weighted by atomic mass is 10.1. The van der Waals surface area contributed by atoms with E-state index in [1.54, 1.807) is 11.3 Å². The Morgan fingerprint density at radius 2 is 1.85 bits per heavy atom. The number of benzene rings is 2. The molecule has 3 rings (SSSR count). The first-order valence-corrected chi connectivity index (χ1v) is 7.35. The Morgan fingerprint density at radius 3 is 2.70 bits per heavy atom. The molecule has 2 nitrogen and oxygen atoms in total. The molecule has 0 aliphatic carbocycles. The molecule has 0 aliphatic rings. The third kappa shape index (κ3) is 2.89. The molecule has 0 unspecified atom stereocenters. The van der Waals surface area contributed by atoms with Gasteiger partial charge in [-0.15, -0.1) is 11.3 Å². The van der Waals surface area contributed by atoms with Gasteiger partial charge < -0.3 is 4.74 Å². The van der Waals surface area contributed by atoms with Gasteiger partial charge in [0.05, 0.1) is 6.42 Å². The van der Waals surface area contributed by atoms with Crippen LogP contribution in [0, 0.1) is 0 Å². The lowest BCUT2D eigenvalue weighted by molar-refractivity contribution is -0.144. The van der Waals surface area contributed by atoms with Gasteiger partial charge in [-0.2, -0.15) is 0 Å². The fourth-order valence-corrected chi connectivity index (χ4v) is 2.87. The number of fused-ring (bicyclic) bond motifs is 1. The molecule has 0 saturated carbocycles. The summed E-state index contributed by atoms with van der Waals surface area (Å²) in [4.78, 5) is 12.8.